The number of azo groups is 1. The van der Waals surface area contributed by atoms with Gasteiger partial charge < -0.3 is 10.3 Å². The summed E-state index contributed by atoms with van der Waals surface area (Å²) in [6, 6.07) is 0. The van der Waals surface area contributed by atoms with Gasteiger partial charge in [0.25, 0.3) is 0 Å². The van der Waals surface area contributed by atoms with Gasteiger partial charge in [0.15, 0.2) is 0 Å². The van der Waals surface area contributed by atoms with Crippen molar-refractivity contribution in [2.45, 2.75) is 44.6 Å². The third kappa shape index (κ3) is 9.22. The summed E-state index contributed by atoms with van der Waals surface area (Å²) >= 11 is 0. The Labute approximate surface area is 97.3 Å². The van der Waals surface area contributed by atoms with Crippen LogP contribution in [0.1, 0.15) is 38.5 Å². The van der Waals surface area contributed by atoms with E-state index in [1.54, 1.807) is 0 Å². The molecule has 0 amide bonds. The monoisotopic (exact) mass is 224 g/mol. The first-order chi connectivity index (χ1) is 7.70. The molecule has 0 aromatic heterocycles. The number of rotatable bonds is 9. The van der Waals surface area contributed by atoms with Gasteiger partial charge in [0.1, 0.15) is 12.6 Å². The highest BCUT2D eigenvalue weighted by Crippen LogP contribution is 2.07. The average Bonchev–Trinajstić information content (AvgIpc) is 2.31. The van der Waals surface area contributed by atoms with Gasteiger partial charge in [-0.2, -0.15) is 0 Å². The van der Waals surface area contributed by atoms with E-state index in [0.717, 1.165) is 38.3 Å². The van der Waals surface area contributed by atoms with Crippen molar-refractivity contribution in [1.29, 1.82) is 0 Å². The molecule has 0 saturated carbocycles. The Morgan fingerprint density at radius 3 is 2.62 bits per heavy atom. The second-order valence-corrected chi connectivity index (χ2v) is 3.59. The SMILES string of the molecule is C#CC(O)CCCCCCCN=[N+]([O-])C=C. The summed E-state index contributed by atoms with van der Waals surface area (Å²) in [7, 11) is 0. The molecule has 0 bridgehead atoms. The number of unbranched alkanes of at least 4 members (excludes halogenated alkanes) is 4. The van der Waals surface area contributed by atoms with Crippen LogP contribution in [0.4, 0.5) is 0 Å². The van der Waals surface area contributed by atoms with Gasteiger partial charge in [-0.25, -0.2) is 0 Å². The Bertz CT molecular complexity index is 256. The van der Waals surface area contributed by atoms with Crippen molar-refractivity contribution in [3.05, 3.63) is 18.0 Å². The lowest BCUT2D eigenvalue weighted by molar-refractivity contribution is -0.458. The summed E-state index contributed by atoms with van der Waals surface area (Å²) in [5.41, 5.74) is 0. The van der Waals surface area contributed by atoms with Gasteiger partial charge >= 0.3 is 0 Å². The zero-order valence-electron chi connectivity index (χ0n) is 9.64. The predicted octanol–water partition coefficient (Wildman–Crippen LogP) is 2.43. The molecule has 4 heteroatoms. The van der Waals surface area contributed by atoms with Crippen molar-refractivity contribution in [3.63, 3.8) is 0 Å². The Kier molecular flexibility index (Phi) is 9.33. The number of aliphatic hydroxyl groups is 1. The lowest BCUT2D eigenvalue weighted by Crippen LogP contribution is -2.01. The van der Waals surface area contributed by atoms with Crippen LogP contribution in [0, 0.1) is 17.6 Å². The molecular formula is C12H20N2O2. The molecule has 1 unspecified atom stereocenters. The summed E-state index contributed by atoms with van der Waals surface area (Å²) < 4.78 is 0. The molecular weight excluding hydrogens is 204 g/mol. The number of terminal acetylenes is 1. The minimum absolute atomic E-state index is 0.489. The molecule has 0 radical (unpaired) electrons. The van der Waals surface area contributed by atoms with Crippen LogP contribution in [0.2, 0.25) is 0 Å². The quantitative estimate of drug-likeness (QED) is 0.215. The highest BCUT2D eigenvalue weighted by molar-refractivity contribution is 4.92. The predicted molar refractivity (Wildman–Crippen MR) is 63.7 cm³/mol. The largest absolute Gasteiger partial charge is 0.595 e. The molecule has 0 fully saturated rings. The minimum atomic E-state index is -0.600. The normalized spacial score (nSPS) is 13.1. The molecule has 0 spiro atoms. The van der Waals surface area contributed by atoms with Crippen LogP contribution in [0.25, 0.3) is 0 Å². The number of aliphatic hydroxyl groups excluding tert-OH is 1. The maximum absolute atomic E-state index is 10.6. The lowest BCUT2D eigenvalue weighted by Gasteiger charge is -2.02. The zero-order valence-corrected chi connectivity index (χ0v) is 9.64. The fourth-order valence-electron chi connectivity index (χ4n) is 1.29. The van der Waals surface area contributed by atoms with E-state index in [4.69, 9.17) is 11.5 Å². The van der Waals surface area contributed by atoms with Gasteiger partial charge in [0, 0.05) is 0 Å². The molecule has 0 aromatic rings. The summed E-state index contributed by atoms with van der Waals surface area (Å²) in [5.74, 6) is 2.29. The van der Waals surface area contributed by atoms with E-state index in [1.807, 2.05) is 0 Å². The van der Waals surface area contributed by atoms with E-state index >= 15 is 0 Å². The molecule has 0 saturated heterocycles. The third-order valence-electron chi connectivity index (χ3n) is 2.22. The molecule has 16 heavy (non-hydrogen) atoms. The molecule has 0 aliphatic rings. The number of hydrogen-bond acceptors (Lipinski definition) is 3. The van der Waals surface area contributed by atoms with E-state index in [2.05, 4.69) is 17.6 Å². The number of nitrogens with zero attached hydrogens (tertiary/aromatic N) is 2. The van der Waals surface area contributed by atoms with Crippen LogP contribution >= 0.6 is 0 Å². The van der Waals surface area contributed by atoms with Crippen molar-refractivity contribution in [2.75, 3.05) is 6.54 Å². The van der Waals surface area contributed by atoms with Crippen molar-refractivity contribution in [1.82, 2.24) is 0 Å². The first-order valence-corrected chi connectivity index (χ1v) is 5.61. The van der Waals surface area contributed by atoms with Gasteiger partial charge in [0.05, 0.1) is 0 Å². The molecule has 4 nitrogen and oxygen atoms in total. The third-order valence-corrected chi connectivity index (χ3v) is 2.22. The van der Waals surface area contributed by atoms with Gasteiger partial charge in [-0.1, -0.05) is 30.0 Å². The Hall–Kier alpha value is -1.34. The molecule has 0 aliphatic carbocycles. The van der Waals surface area contributed by atoms with Gasteiger partial charge in [0.2, 0.25) is 6.20 Å². The van der Waals surface area contributed by atoms with Crippen LogP contribution in [-0.2, 0) is 0 Å². The van der Waals surface area contributed by atoms with Crippen molar-refractivity contribution >= 4 is 0 Å². The number of hydroxylamine groups is 1. The van der Waals surface area contributed by atoms with E-state index in [-0.39, 0.29) is 0 Å². The fraction of sp³-hybridized carbons (Fsp3) is 0.667. The van der Waals surface area contributed by atoms with E-state index in [1.165, 1.54) is 0 Å². The molecule has 90 valence electrons. The van der Waals surface area contributed by atoms with E-state index < -0.39 is 6.10 Å². The average molecular weight is 224 g/mol. The molecule has 1 atom stereocenters. The maximum atomic E-state index is 10.6. The molecule has 1 N–H and O–H groups in total. The molecule has 0 rings (SSSR count). The molecule has 0 heterocycles. The van der Waals surface area contributed by atoms with Crippen LogP contribution in [0.5, 0.6) is 0 Å². The Morgan fingerprint density at radius 1 is 1.38 bits per heavy atom. The van der Waals surface area contributed by atoms with Gasteiger partial charge in [-0.15, -0.1) is 6.42 Å². The summed E-state index contributed by atoms with van der Waals surface area (Å²) in [6.07, 6.45) is 11.3. The number of hydrogen-bond donors (Lipinski definition) is 1. The van der Waals surface area contributed by atoms with Crippen molar-refractivity contribution in [2.24, 2.45) is 5.11 Å². The van der Waals surface area contributed by atoms with Crippen LogP contribution < -0.4 is 0 Å². The highest BCUT2D eigenvalue weighted by atomic mass is 16.5. The fourth-order valence-corrected chi connectivity index (χ4v) is 1.29. The second kappa shape index (κ2) is 10.2. The summed E-state index contributed by atoms with van der Waals surface area (Å²) in [4.78, 5) is 0.489. The lowest BCUT2D eigenvalue weighted by atomic mass is 10.1. The summed E-state index contributed by atoms with van der Waals surface area (Å²) in [5, 5.41) is 23.4. The maximum Gasteiger partial charge on any atom is 0.202 e. The van der Waals surface area contributed by atoms with E-state index in [9.17, 15) is 5.21 Å². The Balaban J connectivity index is 3.23. The van der Waals surface area contributed by atoms with Crippen LogP contribution in [-0.4, -0.2) is 22.6 Å². The van der Waals surface area contributed by atoms with Crippen molar-refractivity contribution in [3.8, 4) is 12.3 Å². The zero-order chi connectivity index (χ0) is 12.2. The second-order valence-electron chi connectivity index (χ2n) is 3.59. The van der Waals surface area contributed by atoms with Crippen molar-refractivity contribution < 1.29 is 9.97 Å². The first-order valence-electron chi connectivity index (χ1n) is 5.61. The molecule has 0 aliphatic heterocycles. The molecule has 0 aromatic carbocycles. The first kappa shape index (κ1) is 14.7. The highest BCUT2D eigenvalue weighted by Gasteiger charge is 1.98. The van der Waals surface area contributed by atoms with Crippen LogP contribution in [0.15, 0.2) is 17.9 Å². The van der Waals surface area contributed by atoms with Gasteiger partial charge in [-0.05, 0) is 31.0 Å². The topological polar surface area (TPSA) is 58.7 Å². The smallest absolute Gasteiger partial charge is 0.202 e. The minimum Gasteiger partial charge on any atom is -0.595 e. The summed E-state index contributed by atoms with van der Waals surface area (Å²) in [6.45, 7) is 3.85. The van der Waals surface area contributed by atoms with E-state index in [0.29, 0.717) is 17.8 Å². The van der Waals surface area contributed by atoms with Gasteiger partial charge in [-0.3, -0.25) is 0 Å². The Morgan fingerprint density at radius 2 is 2.00 bits per heavy atom. The standard InChI is InChI=1S/C12H20N2O2/c1-3-12(15)10-8-6-5-7-9-11-13-14(16)4-2/h1,4,12,15H,2,5-11H2. The van der Waals surface area contributed by atoms with Crippen LogP contribution in [0.3, 0.4) is 0 Å².